The molecule has 0 aliphatic heterocycles. The number of carboxylic acid groups (broad SMARTS) is 1. The first-order chi connectivity index (χ1) is 11.0. The molecule has 2 N–H and O–H groups in total. The lowest BCUT2D eigenvalue weighted by Crippen LogP contribution is -2.14. The van der Waals surface area contributed by atoms with E-state index in [0.29, 0.717) is 12.1 Å². The van der Waals surface area contributed by atoms with E-state index in [2.05, 4.69) is 5.32 Å². The first kappa shape index (κ1) is 16.5. The van der Waals surface area contributed by atoms with Gasteiger partial charge < -0.3 is 9.84 Å². The number of rotatable bonds is 6. The molecule has 0 saturated heterocycles. The number of aliphatic carboxylic acids is 1. The molecule has 0 heterocycles. The molecule has 0 aliphatic rings. The topological polar surface area (TPSA) is 75.6 Å². The van der Waals surface area contributed by atoms with E-state index in [-0.39, 0.29) is 6.61 Å². The van der Waals surface area contributed by atoms with Crippen LogP contribution in [0.25, 0.3) is 0 Å². The summed E-state index contributed by atoms with van der Waals surface area (Å²) in [5, 5.41) is 11.5. The number of ether oxygens (including phenoxy) is 1. The average Bonchev–Trinajstić information content (AvgIpc) is 2.55. The van der Waals surface area contributed by atoms with Gasteiger partial charge in [-0.25, -0.2) is 4.79 Å². The highest BCUT2D eigenvalue weighted by molar-refractivity contribution is 5.84. The quantitative estimate of drug-likeness (QED) is 0.852. The third-order valence-electron chi connectivity index (χ3n) is 3.38. The fourth-order valence-corrected chi connectivity index (χ4v) is 2.04. The van der Waals surface area contributed by atoms with Gasteiger partial charge in [-0.3, -0.25) is 10.1 Å². The smallest absolute Gasteiger partial charge is 0.411 e. The van der Waals surface area contributed by atoms with Crippen LogP contribution in [0.4, 0.5) is 10.5 Å². The average molecular weight is 313 g/mol. The highest BCUT2D eigenvalue weighted by Gasteiger charge is 2.11. The Kier molecular flexibility index (Phi) is 5.74. The summed E-state index contributed by atoms with van der Waals surface area (Å²) in [7, 11) is 0. The monoisotopic (exact) mass is 313 g/mol. The van der Waals surface area contributed by atoms with Gasteiger partial charge in [-0.1, -0.05) is 49.4 Å². The fraction of sp³-hybridized carbons (Fsp3) is 0.222. The van der Waals surface area contributed by atoms with Crippen molar-refractivity contribution in [2.45, 2.75) is 20.0 Å². The second-order valence-corrected chi connectivity index (χ2v) is 5.33. The molecule has 120 valence electrons. The normalized spacial score (nSPS) is 11.5. The first-order valence-electron chi connectivity index (χ1n) is 7.34. The van der Waals surface area contributed by atoms with Gasteiger partial charge in [0.2, 0.25) is 0 Å². The molecule has 0 bridgehead atoms. The van der Waals surface area contributed by atoms with Crippen LogP contribution in [0.15, 0.2) is 54.6 Å². The minimum absolute atomic E-state index is 0.209. The van der Waals surface area contributed by atoms with Crippen molar-refractivity contribution in [2.75, 3.05) is 5.32 Å². The molecule has 1 unspecified atom stereocenters. The van der Waals surface area contributed by atoms with E-state index >= 15 is 0 Å². The molecule has 5 heteroatoms. The summed E-state index contributed by atoms with van der Waals surface area (Å²) in [4.78, 5) is 22.6. The number of benzene rings is 2. The lowest BCUT2D eigenvalue weighted by Gasteiger charge is -2.09. The van der Waals surface area contributed by atoms with Gasteiger partial charge in [0.25, 0.3) is 0 Å². The summed E-state index contributed by atoms with van der Waals surface area (Å²) in [5.74, 6) is -1.26. The van der Waals surface area contributed by atoms with Crippen LogP contribution in [0.2, 0.25) is 0 Å². The van der Waals surface area contributed by atoms with E-state index < -0.39 is 18.0 Å². The van der Waals surface area contributed by atoms with Crippen LogP contribution < -0.4 is 5.32 Å². The molecule has 1 amide bonds. The van der Waals surface area contributed by atoms with E-state index in [4.69, 9.17) is 9.84 Å². The third-order valence-corrected chi connectivity index (χ3v) is 3.38. The Labute approximate surface area is 134 Å². The highest BCUT2D eigenvalue weighted by Crippen LogP contribution is 2.14. The predicted octanol–water partition coefficient (Wildman–Crippen LogP) is 3.70. The van der Waals surface area contributed by atoms with Gasteiger partial charge in [-0.15, -0.1) is 0 Å². The fourth-order valence-electron chi connectivity index (χ4n) is 2.04. The Bertz CT molecular complexity index is 652. The van der Waals surface area contributed by atoms with Crippen LogP contribution in [0, 0.1) is 5.92 Å². The van der Waals surface area contributed by atoms with E-state index in [0.717, 1.165) is 11.1 Å². The van der Waals surface area contributed by atoms with Crippen LogP contribution >= 0.6 is 0 Å². The number of carboxylic acids is 1. The van der Waals surface area contributed by atoms with Crippen molar-refractivity contribution in [1.29, 1.82) is 0 Å². The molecule has 0 aliphatic carbocycles. The van der Waals surface area contributed by atoms with Crippen molar-refractivity contribution in [1.82, 2.24) is 0 Å². The Balaban J connectivity index is 1.83. The Morgan fingerprint density at radius 3 is 2.30 bits per heavy atom. The zero-order valence-electron chi connectivity index (χ0n) is 12.9. The molecular weight excluding hydrogens is 294 g/mol. The van der Waals surface area contributed by atoms with E-state index in [1.807, 2.05) is 30.3 Å². The maximum absolute atomic E-state index is 11.7. The number of nitrogens with one attached hydrogen (secondary N) is 1. The third kappa shape index (κ3) is 5.47. The lowest BCUT2D eigenvalue weighted by atomic mass is 10.0. The molecule has 0 aromatic heterocycles. The van der Waals surface area contributed by atoms with Gasteiger partial charge in [0.1, 0.15) is 6.61 Å². The van der Waals surface area contributed by atoms with Crippen molar-refractivity contribution in [2.24, 2.45) is 5.92 Å². The molecule has 2 aromatic rings. The summed E-state index contributed by atoms with van der Waals surface area (Å²) in [6, 6.07) is 16.5. The molecular formula is C18H19NO4. The second kappa shape index (κ2) is 7.98. The van der Waals surface area contributed by atoms with Gasteiger partial charge in [0, 0.05) is 5.69 Å². The van der Waals surface area contributed by atoms with E-state index in [9.17, 15) is 9.59 Å². The molecule has 0 spiro atoms. The van der Waals surface area contributed by atoms with Crippen molar-refractivity contribution < 1.29 is 19.4 Å². The minimum Gasteiger partial charge on any atom is -0.481 e. The van der Waals surface area contributed by atoms with E-state index in [1.54, 1.807) is 31.2 Å². The lowest BCUT2D eigenvalue weighted by molar-refractivity contribution is -0.141. The number of hydrogen-bond donors (Lipinski definition) is 2. The van der Waals surface area contributed by atoms with Gasteiger partial charge in [0.05, 0.1) is 5.92 Å². The molecule has 2 rings (SSSR count). The molecule has 0 saturated carbocycles. The molecule has 0 fully saturated rings. The van der Waals surface area contributed by atoms with Crippen LogP contribution in [-0.2, 0) is 22.6 Å². The van der Waals surface area contributed by atoms with Crippen LogP contribution in [0.5, 0.6) is 0 Å². The minimum atomic E-state index is -0.823. The van der Waals surface area contributed by atoms with Crippen LogP contribution in [-0.4, -0.2) is 17.2 Å². The maximum Gasteiger partial charge on any atom is 0.411 e. The Hall–Kier alpha value is -2.82. The van der Waals surface area contributed by atoms with Gasteiger partial charge >= 0.3 is 12.1 Å². The SMILES string of the molecule is CC(Cc1ccc(NC(=O)OCc2ccccc2)cc1)C(=O)O. The van der Waals surface area contributed by atoms with Crippen molar-refractivity contribution >= 4 is 17.7 Å². The molecule has 2 aromatic carbocycles. The van der Waals surface area contributed by atoms with Crippen molar-refractivity contribution in [3.05, 3.63) is 65.7 Å². The predicted molar refractivity (Wildman–Crippen MR) is 87.2 cm³/mol. The standard InChI is InChI=1S/C18H19NO4/c1-13(17(20)21)11-14-7-9-16(10-8-14)19-18(22)23-12-15-5-3-2-4-6-15/h2-10,13H,11-12H2,1H3,(H,19,22)(H,20,21). The van der Waals surface area contributed by atoms with Gasteiger partial charge in [0.15, 0.2) is 0 Å². The Morgan fingerprint density at radius 2 is 1.70 bits per heavy atom. The summed E-state index contributed by atoms with van der Waals surface area (Å²) < 4.78 is 5.13. The van der Waals surface area contributed by atoms with Gasteiger partial charge in [-0.05, 0) is 29.7 Å². The first-order valence-corrected chi connectivity index (χ1v) is 7.34. The van der Waals surface area contributed by atoms with E-state index in [1.165, 1.54) is 0 Å². The molecule has 23 heavy (non-hydrogen) atoms. The van der Waals surface area contributed by atoms with Gasteiger partial charge in [-0.2, -0.15) is 0 Å². The second-order valence-electron chi connectivity index (χ2n) is 5.33. The number of hydrogen-bond acceptors (Lipinski definition) is 3. The number of carbonyl (C=O) groups is 2. The largest absolute Gasteiger partial charge is 0.481 e. The number of carbonyl (C=O) groups excluding carboxylic acids is 1. The van der Waals surface area contributed by atoms with Crippen LogP contribution in [0.1, 0.15) is 18.1 Å². The highest BCUT2D eigenvalue weighted by atomic mass is 16.5. The zero-order valence-corrected chi connectivity index (χ0v) is 12.9. The summed E-state index contributed by atoms with van der Waals surface area (Å²) >= 11 is 0. The Morgan fingerprint density at radius 1 is 1.04 bits per heavy atom. The van der Waals surface area contributed by atoms with Crippen LogP contribution in [0.3, 0.4) is 0 Å². The summed E-state index contributed by atoms with van der Waals surface area (Å²) in [6.07, 6.45) is -0.0749. The zero-order chi connectivity index (χ0) is 16.7. The summed E-state index contributed by atoms with van der Waals surface area (Å²) in [6.45, 7) is 1.87. The molecule has 5 nitrogen and oxygen atoms in total. The number of anilines is 1. The van der Waals surface area contributed by atoms with Crippen molar-refractivity contribution in [3.8, 4) is 0 Å². The van der Waals surface area contributed by atoms with Crippen molar-refractivity contribution in [3.63, 3.8) is 0 Å². The maximum atomic E-state index is 11.7. The summed E-state index contributed by atoms with van der Waals surface area (Å²) in [5.41, 5.74) is 2.43. The molecule has 1 atom stereocenters. The molecule has 0 radical (unpaired) electrons. The number of amides is 1.